The molecule has 0 spiro atoms. The third-order valence-electron chi connectivity index (χ3n) is 4.17. The van der Waals surface area contributed by atoms with Gasteiger partial charge in [0.05, 0.1) is 12.8 Å². The van der Waals surface area contributed by atoms with Crippen LogP contribution in [0.1, 0.15) is 11.1 Å². The number of hydrogen-bond donors (Lipinski definition) is 2. The van der Waals surface area contributed by atoms with Crippen LogP contribution in [0.4, 0.5) is 24.7 Å². The van der Waals surface area contributed by atoms with Crippen LogP contribution in [0.15, 0.2) is 42.5 Å². The van der Waals surface area contributed by atoms with Gasteiger partial charge in [-0.1, -0.05) is 0 Å². The molecule has 3 aromatic rings. The zero-order valence-corrected chi connectivity index (χ0v) is 13.6. The van der Waals surface area contributed by atoms with Gasteiger partial charge in [0.1, 0.15) is 11.5 Å². The third kappa shape index (κ3) is 3.05. The zero-order chi connectivity index (χ0) is 18.3. The second-order valence-electron chi connectivity index (χ2n) is 5.82. The number of nitrogens with one attached hydrogen (secondary N) is 2. The highest BCUT2D eigenvalue weighted by Crippen LogP contribution is 2.40. The van der Waals surface area contributed by atoms with Crippen molar-refractivity contribution < 1.29 is 22.6 Å². The zero-order valence-electron chi connectivity index (χ0n) is 13.6. The van der Waals surface area contributed by atoms with E-state index in [0.29, 0.717) is 17.9 Å². The number of halogens is 3. The van der Waals surface area contributed by atoms with E-state index in [2.05, 4.69) is 20.3 Å². The molecule has 0 saturated carbocycles. The van der Waals surface area contributed by atoms with Crippen LogP contribution in [0, 0.1) is 0 Å². The summed E-state index contributed by atoms with van der Waals surface area (Å²) in [4.78, 5) is 0. The summed E-state index contributed by atoms with van der Waals surface area (Å²) in [6, 6.07) is 11.4. The molecule has 0 saturated heterocycles. The Morgan fingerprint density at radius 3 is 2.50 bits per heavy atom. The van der Waals surface area contributed by atoms with Gasteiger partial charge in [-0.2, -0.15) is 5.10 Å². The molecule has 2 N–H and O–H groups in total. The molecule has 0 atom stereocenters. The van der Waals surface area contributed by atoms with E-state index < -0.39 is 6.36 Å². The van der Waals surface area contributed by atoms with E-state index in [1.54, 1.807) is 7.11 Å². The van der Waals surface area contributed by atoms with Gasteiger partial charge in [0.15, 0.2) is 5.82 Å². The summed E-state index contributed by atoms with van der Waals surface area (Å²) >= 11 is 0. The van der Waals surface area contributed by atoms with E-state index in [4.69, 9.17) is 4.74 Å². The van der Waals surface area contributed by atoms with Gasteiger partial charge >= 0.3 is 6.36 Å². The second-order valence-corrected chi connectivity index (χ2v) is 5.82. The first kappa shape index (κ1) is 16.3. The maximum absolute atomic E-state index is 12.2. The molecular weight excluding hydrogens is 347 g/mol. The Morgan fingerprint density at radius 1 is 1.08 bits per heavy atom. The molecule has 0 aliphatic heterocycles. The molecule has 1 aliphatic carbocycles. The number of nitrogens with zero attached hydrogens (tertiary/aromatic N) is 1. The van der Waals surface area contributed by atoms with Crippen molar-refractivity contribution in [3.8, 4) is 22.8 Å². The minimum Gasteiger partial charge on any atom is -0.497 e. The van der Waals surface area contributed by atoms with Crippen molar-refractivity contribution in [2.45, 2.75) is 12.8 Å². The lowest BCUT2D eigenvalue weighted by molar-refractivity contribution is -0.274. The number of benzene rings is 2. The summed E-state index contributed by atoms with van der Waals surface area (Å²) in [6.07, 6.45) is -4.01. The SMILES string of the molecule is COc1ccc2c(c1)Cc1c(Nc3ccc(OC(F)(F)F)cc3)n[nH]c1-2. The largest absolute Gasteiger partial charge is 0.573 e. The quantitative estimate of drug-likeness (QED) is 0.556. The molecule has 1 heterocycles. The predicted molar refractivity (Wildman–Crippen MR) is 89.8 cm³/mol. The molecule has 8 heteroatoms. The minimum atomic E-state index is -4.70. The fourth-order valence-electron chi connectivity index (χ4n) is 3.02. The molecule has 2 aromatic carbocycles. The molecule has 0 radical (unpaired) electrons. The Bertz CT molecular complexity index is 949. The summed E-state index contributed by atoms with van der Waals surface area (Å²) < 4.78 is 45.8. The fourth-order valence-corrected chi connectivity index (χ4v) is 3.02. The monoisotopic (exact) mass is 361 g/mol. The molecule has 26 heavy (non-hydrogen) atoms. The Morgan fingerprint density at radius 2 is 1.81 bits per heavy atom. The van der Waals surface area contributed by atoms with Crippen molar-refractivity contribution in [2.75, 3.05) is 12.4 Å². The highest BCUT2D eigenvalue weighted by atomic mass is 19.4. The summed E-state index contributed by atoms with van der Waals surface area (Å²) in [5.74, 6) is 1.16. The van der Waals surface area contributed by atoms with Crippen LogP contribution in [0.5, 0.6) is 11.5 Å². The van der Waals surface area contributed by atoms with Crippen LogP contribution in [0.3, 0.4) is 0 Å². The normalized spacial score (nSPS) is 12.5. The maximum atomic E-state index is 12.2. The Labute approximate surface area is 146 Å². The molecule has 5 nitrogen and oxygen atoms in total. The number of hydrogen-bond acceptors (Lipinski definition) is 4. The topological polar surface area (TPSA) is 59.2 Å². The van der Waals surface area contributed by atoms with Crippen LogP contribution in [0.25, 0.3) is 11.3 Å². The van der Waals surface area contributed by atoms with E-state index >= 15 is 0 Å². The maximum Gasteiger partial charge on any atom is 0.573 e. The van der Waals surface area contributed by atoms with Gasteiger partial charge in [0, 0.05) is 23.2 Å². The minimum absolute atomic E-state index is 0.269. The van der Waals surface area contributed by atoms with Crippen LogP contribution in [-0.2, 0) is 6.42 Å². The highest BCUT2D eigenvalue weighted by molar-refractivity contribution is 5.80. The van der Waals surface area contributed by atoms with Gasteiger partial charge < -0.3 is 14.8 Å². The number of H-pyrrole nitrogens is 1. The Kier molecular flexibility index (Phi) is 3.75. The van der Waals surface area contributed by atoms with Crippen LogP contribution < -0.4 is 14.8 Å². The van der Waals surface area contributed by atoms with Crippen molar-refractivity contribution in [2.24, 2.45) is 0 Å². The van der Waals surface area contributed by atoms with E-state index in [1.807, 2.05) is 18.2 Å². The van der Waals surface area contributed by atoms with Crippen molar-refractivity contribution in [1.29, 1.82) is 0 Å². The van der Waals surface area contributed by atoms with Gasteiger partial charge in [-0.15, -0.1) is 13.2 Å². The first-order valence-electron chi connectivity index (χ1n) is 7.80. The number of anilines is 2. The van der Waals surface area contributed by atoms with Crippen molar-refractivity contribution >= 4 is 11.5 Å². The van der Waals surface area contributed by atoms with Crippen LogP contribution >= 0.6 is 0 Å². The van der Waals surface area contributed by atoms with Crippen LogP contribution in [0.2, 0.25) is 0 Å². The summed E-state index contributed by atoms with van der Waals surface area (Å²) in [6.45, 7) is 0. The average molecular weight is 361 g/mol. The lowest BCUT2D eigenvalue weighted by atomic mass is 10.1. The Balaban J connectivity index is 1.54. The molecule has 1 aromatic heterocycles. The number of ether oxygens (including phenoxy) is 2. The van der Waals surface area contributed by atoms with E-state index in [-0.39, 0.29) is 5.75 Å². The number of aromatic nitrogens is 2. The van der Waals surface area contributed by atoms with Crippen LogP contribution in [-0.4, -0.2) is 23.7 Å². The smallest absolute Gasteiger partial charge is 0.497 e. The summed E-state index contributed by atoms with van der Waals surface area (Å²) in [5, 5.41) is 10.4. The molecule has 1 aliphatic rings. The number of aromatic amines is 1. The number of fused-ring (bicyclic) bond motifs is 3. The van der Waals surface area contributed by atoms with Crippen molar-refractivity contribution in [3.63, 3.8) is 0 Å². The molecule has 0 bridgehead atoms. The number of methoxy groups -OCH3 is 1. The van der Waals surface area contributed by atoms with Gasteiger partial charge in [-0.3, -0.25) is 5.10 Å². The molecule has 4 rings (SSSR count). The summed E-state index contributed by atoms with van der Waals surface area (Å²) in [5.41, 5.74) is 4.74. The third-order valence-corrected chi connectivity index (χ3v) is 4.17. The van der Waals surface area contributed by atoms with E-state index in [1.165, 1.54) is 24.3 Å². The van der Waals surface area contributed by atoms with Crippen molar-refractivity contribution in [3.05, 3.63) is 53.6 Å². The lowest BCUT2D eigenvalue weighted by Gasteiger charge is -2.10. The Hall–Kier alpha value is -3.16. The predicted octanol–water partition coefficient (Wildman–Crippen LogP) is 4.63. The first-order valence-corrected chi connectivity index (χ1v) is 7.80. The molecule has 0 amide bonds. The van der Waals surface area contributed by atoms with E-state index in [0.717, 1.165) is 28.1 Å². The standard InChI is InChI=1S/C18H14F3N3O2/c1-25-13-6-7-14-10(8-13)9-15-16(14)23-24-17(15)22-11-2-4-12(5-3-11)26-18(19,20)21/h2-8H,9H2,1H3,(H2,22,23,24). The van der Waals surface area contributed by atoms with E-state index in [9.17, 15) is 13.2 Å². The molecule has 0 fully saturated rings. The molecule has 134 valence electrons. The van der Waals surface area contributed by atoms with Gasteiger partial charge in [0.25, 0.3) is 0 Å². The second kappa shape index (κ2) is 5.98. The number of rotatable bonds is 4. The van der Waals surface area contributed by atoms with Gasteiger partial charge in [-0.25, -0.2) is 0 Å². The number of alkyl halides is 3. The average Bonchev–Trinajstić information content (AvgIpc) is 3.14. The molecule has 0 unspecified atom stereocenters. The highest BCUT2D eigenvalue weighted by Gasteiger charge is 2.31. The summed E-state index contributed by atoms with van der Waals surface area (Å²) in [7, 11) is 1.62. The molecular formula is C18H14F3N3O2. The fraction of sp³-hybridized carbons (Fsp3) is 0.167. The first-order chi connectivity index (χ1) is 12.4. The van der Waals surface area contributed by atoms with Gasteiger partial charge in [-0.05, 0) is 48.0 Å². The lowest BCUT2D eigenvalue weighted by Crippen LogP contribution is -2.16. The van der Waals surface area contributed by atoms with Gasteiger partial charge in [0.2, 0.25) is 0 Å². The van der Waals surface area contributed by atoms with Crippen molar-refractivity contribution in [1.82, 2.24) is 10.2 Å².